The molecule has 28 heavy (non-hydrogen) atoms. The van der Waals surface area contributed by atoms with Gasteiger partial charge in [-0.05, 0) is 26.8 Å². The van der Waals surface area contributed by atoms with Crippen LogP contribution < -0.4 is 15.4 Å². The predicted octanol–water partition coefficient (Wildman–Crippen LogP) is 2.64. The van der Waals surface area contributed by atoms with Crippen LogP contribution >= 0.6 is 0 Å². The molecule has 0 saturated heterocycles. The van der Waals surface area contributed by atoms with Crippen molar-refractivity contribution in [2.75, 3.05) is 7.05 Å². The largest absolute Gasteiger partial charge is 0.414 e. The van der Waals surface area contributed by atoms with E-state index in [0.717, 1.165) is 0 Å². The van der Waals surface area contributed by atoms with E-state index in [9.17, 15) is 9.59 Å². The van der Waals surface area contributed by atoms with Crippen molar-refractivity contribution in [3.63, 3.8) is 0 Å². The number of nitrogens with zero attached hydrogens (tertiary/aromatic N) is 2. The van der Waals surface area contributed by atoms with Crippen LogP contribution in [0.15, 0.2) is 53.7 Å². The lowest BCUT2D eigenvalue weighted by atomic mass is 10.1. The first kappa shape index (κ1) is 20.9. The molecule has 0 aliphatic carbocycles. The number of carbonyl (C=O) groups excluding carboxylic acids is 2. The minimum absolute atomic E-state index is 0.00537. The van der Waals surface area contributed by atoms with E-state index in [-0.39, 0.29) is 24.1 Å². The summed E-state index contributed by atoms with van der Waals surface area (Å²) >= 11 is 0. The van der Waals surface area contributed by atoms with Gasteiger partial charge in [0, 0.05) is 24.2 Å². The molecule has 2 N–H and O–H groups in total. The van der Waals surface area contributed by atoms with Crippen LogP contribution in [-0.4, -0.2) is 35.3 Å². The van der Waals surface area contributed by atoms with Gasteiger partial charge >= 0.3 is 6.09 Å². The molecule has 2 amide bonds. The summed E-state index contributed by atoms with van der Waals surface area (Å²) in [6, 6.07) is 13.9. The van der Waals surface area contributed by atoms with Crippen molar-refractivity contribution >= 4 is 17.7 Å². The van der Waals surface area contributed by atoms with Gasteiger partial charge in [0.1, 0.15) is 0 Å². The first-order chi connectivity index (χ1) is 13.3. The maximum Gasteiger partial charge on any atom is 0.414 e. The smallest absolute Gasteiger partial charge is 0.391 e. The van der Waals surface area contributed by atoms with E-state index in [1.54, 1.807) is 42.5 Å². The molecule has 2 rings (SSSR count). The fourth-order valence-corrected chi connectivity index (χ4v) is 2.12. The summed E-state index contributed by atoms with van der Waals surface area (Å²) in [5.41, 5.74) is 0.861. The standard InChI is InChI=1S/C20H24N4O4/c1-20(2,3)23-19(26)28-16-12-8-11-15(22-16)13-27-24-17(18(25)21-4)14-9-6-5-7-10-14/h5-12H,13H2,1-4H3,(H,21,25)(H,23,26). The molecule has 0 unspecified atom stereocenters. The van der Waals surface area contributed by atoms with Gasteiger partial charge in [0.15, 0.2) is 12.3 Å². The highest BCUT2D eigenvalue weighted by Crippen LogP contribution is 2.10. The Morgan fingerprint density at radius 1 is 1.07 bits per heavy atom. The average Bonchev–Trinajstić information content (AvgIpc) is 2.64. The normalized spacial score (nSPS) is 11.5. The van der Waals surface area contributed by atoms with Gasteiger partial charge in [0.05, 0.1) is 5.69 Å². The Morgan fingerprint density at radius 2 is 1.79 bits per heavy atom. The quantitative estimate of drug-likeness (QED) is 0.589. The highest BCUT2D eigenvalue weighted by atomic mass is 16.6. The average molecular weight is 384 g/mol. The second-order valence-corrected chi connectivity index (χ2v) is 6.89. The van der Waals surface area contributed by atoms with Crippen LogP contribution in [-0.2, 0) is 16.2 Å². The number of likely N-dealkylation sites (N-methyl/N-ethyl adjacent to an activating group) is 1. The van der Waals surface area contributed by atoms with E-state index in [2.05, 4.69) is 20.8 Å². The molecule has 8 nitrogen and oxygen atoms in total. The predicted molar refractivity (Wildman–Crippen MR) is 105 cm³/mol. The molecule has 0 spiro atoms. The van der Waals surface area contributed by atoms with E-state index in [0.29, 0.717) is 11.3 Å². The van der Waals surface area contributed by atoms with Crippen LogP contribution in [0.5, 0.6) is 5.88 Å². The third-order valence-corrected chi connectivity index (χ3v) is 3.31. The third-order valence-electron chi connectivity index (χ3n) is 3.31. The third kappa shape index (κ3) is 6.71. The van der Waals surface area contributed by atoms with E-state index in [4.69, 9.17) is 9.57 Å². The first-order valence-corrected chi connectivity index (χ1v) is 8.72. The van der Waals surface area contributed by atoms with Crippen molar-refractivity contribution in [3.8, 4) is 5.88 Å². The Morgan fingerprint density at radius 3 is 2.43 bits per heavy atom. The summed E-state index contributed by atoms with van der Waals surface area (Å²) in [7, 11) is 1.52. The molecule has 1 aromatic carbocycles. The minimum atomic E-state index is -0.595. The second kappa shape index (κ2) is 9.50. The fourth-order valence-electron chi connectivity index (χ4n) is 2.12. The van der Waals surface area contributed by atoms with Crippen molar-refractivity contribution in [1.29, 1.82) is 0 Å². The molecule has 0 saturated carbocycles. The van der Waals surface area contributed by atoms with Crippen molar-refractivity contribution < 1.29 is 19.2 Å². The summed E-state index contributed by atoms with van der Waals surface area (Å²) in [6.45, 7) is 5.55. The van der Waals surface area contributed by atoms with E-state index < -0.39 is 11.6 Å². The number of rotatable bonds is 6. The maximum atomic E-state index is 12.0. The number of aromatic nitrogens is 1. The minimum Gasteiger partial charge on any atom is -0.391 e. The van der Waals surface area contributed by atoms with Crippen LogP contribution in [0, 0.1) is 0 Å². The Balaban J connectivity index is 2.04. The molecular weight excluding hydrogens is 360 g/mol. The maximum absolute atomic E-state index is 12.0. The van der Waals surface area contributed by atoms with E-state index >= 15 is 0 Å². The molecule has 0 aliphatic heterocycles. The van der Waals surface area contributed by atoms with Crippen molar-refractivity contribution in [2.24, 2.45) is 5.16 Å². The van der Waals surface area contributed by atoms with Gasteiger partial charge in [-0.2, -0.15) is 0 Å². The van der Waals surface area contributed by atoms with Crippen molar-refractivity contribution in [2.45, 2.75) is 32.9 Å². The molecule has 2 aromatic rings. The van der Waals surface area contributed by atoms with Crippen molar-refractivity contribution in [3.05, 3.63) is 59.8 Å². The molecule has 8 heteroatoms. The Bertz CT molecular complexity index is 845. The number of benzene rings is 1. The highest BCUT2D eigenvalue weighted by Gasteiger charge is 2.16. The van der Waals surface area contributed by atoms with Gasteiger partial charge < -0.3 is 20.2 Å². The fraction of sp³-hybridized carbons (Fsp3) is 0.300. The number of pyridine rings is 1. The zero-order valence-electron chi connectivity index (χ0n) is 16.4. The zero-order valence-corrected chi connectivity index (χ0v) is 16.4. The van der Waals surface area contributed by atoms with Crippen LogP contribution in [0.25, 0.3) is 0 Å². The lowest BCUT2D eigenvalue weighted by Gasteiger charge is -2.19. The number of hydrogen-bond acceptors (Lipinski definition) is 6. The van der Waals surface area contributed by atoms with Gasteiger partial charge in [-0.1, -0.05) is 41.6 Å². The molecular formula is C20H24N4O4. The number of oxime groups is 1. The lowest BCUT2D eigenvalue weighted by molar-refractivity contribution is -0.114. The number of ether oxygens (including phenoxy) is 1. The second-order valence-electron chi connectivity index (χ2n) is 6.89. The highest BCUT2D eigenvalue weighted by molar-refractivity contribution is 6.45. The van der Waals surface area contributed by atoms with Crippen LogP contribution in [0.1, 0.15) is 32.0 Å². The summed E-state index contributed by atoms with van der Waals surface area (Å²) in [5.74, 6) is -0.225. The van der Waals surface area contributed by atoms with Crippen LogP contribution in [0.4, 0.5) is 4.79 Å². The molecule has 148 valence electrons. The van der Waals surface area contributed by atoms with Gasteiger partial charge in [0.2, 0.25) is 5.88 Å². The van der Waals surface area contributed by atoms with Gasteiger partial charge in [-0.3, -0.25) is 4.79 Å². The summed E-state index contributed by atoms with van der Waals surface area (Å²) in [4.78, 5) is 33.4. The number of nitrogens with one attached hydrogen (secondary N) is 2. The zero-order chi connectivity index (χ0) is 20.6. The van der Waals surface area contributed by atoms with Crippen molar-refractivity contribution in [1.82, 2.24) is 15.6 Å². The molecule has 0 bridgehead atoms. The number of amides is 2. The van der Waals surface area contributed by atoms with E-state index in [1.165, 1.54) is 7.05 Å². The molecule has 0 aliphatic rings. The SMILES string of the molecule is CNC(=O)C(=NOCc1cccc(OC(=O)NC(C)(C)C)n1)c1ccccc1. The summed E-state index contributed by atoms with van der Waals surface area (Å²) in [5, 5.41) is 9.16. The van der Waals surface area contributed by atoms with E-state index in [1.807, 2.05) is 26.8 Å². The Hall–Kier alpha value is -3.42. The van der Waals surface area contributed by atoms with Crippen LogP contribution in [0.3, 0.4) is 0 Å². The van der Waals surface area contributed by atoms with Crippen LogP contribution in [0.2, 0.25) is 0 Å². The van der Waals surface area contributed by atoms with Gasteiger partial charge in [-0.25, -0.2) is 9.78 Å². The Labute approximate surface area is 163 Å². The Kier molecular flexibility index (Phi) is 7.08. The van der Waals surface area contributed by atoms with Gasteiger partial charge in [0.25, 0.3) is 5.91 Å². The molecule has 0 fully saturated rings. The van der Waals surface area contributed by atoms with Gasteiger partial charge in [-0.15, -0.1) is 0 Å². The number of hydrogen-bond donors (Lipinski definition) is 2. The number of carbonyl (C=O) groups is 2. The molecule has 0 radical (unpaired) electrons. The summed E-state index contributed by atoms with van der Waals surface area (Å²) < 4.78 is 5.17. The monoisotopic (exact) mass is 384 g/mol. The summed E-state index contributed by atoms with van der Waals surface area (Å²) in [6.07, 6.45) is -0.595. The molecule has 1 heterocycles. The molecule has 1 aromatic heterocycles. The molecule has 0 atom stereocenters. The topological polar surface area (TPSA) is 102 Å². The lowest BCUT2D eigenvalue weighted by Crippen LogP contribution is -2.42. The first-order valence-electron chi connectivity index (χ1n) is 8.72.